The van der Waals surface area contributed by atoms with Gasteiger partial charge in [-0.2, -0.15) is 0 Å². The van der Waals surface area contributed by atoms with Crippen LogP contribution in [-0.4, -0.2) is 8.42 Å². The molecule has 0 aliphatic heterocycles. The van der Waals surface area contributed by atoms with E-state index in [-0.39, 0.29) is 5.75 Å². The topological polar surface area (TPSA) is 34.1 Å². The van der Waals surface area contributed by atoms with Gasteiger partial charge in [0, 0.05) is 15.7 Å². The molecule has 2 nitrogen and oxygen atoms in total. The summed E-state index contributed by atoms with van der Waals surface area (Å²) in [5.74, 6) is -0.174. The first-order valence-electron chi connectivity index (χ1n) is 4.40. The van der Waals surface area contributed by atoms with E-state index in [0.29, 0.717) is 10.6 Å². The van der Waals surface area contributed by atoms with E-state index in [9.17, 15) is 8.42 Å². The molecular weight excluding hydrogens is 255 g/mol. The second-order valence-electron chi connectivity index (χ2n) is 3.61. The third-order valence-corrected chi connectivity index (χ3v) is 3.90. The van der Waals surface area contributed by atoms with Crippen molar-refractivity contribution in [2.75, 3.05) is 0 Å². The zero-order chi connectivity index (χ0) is 11.8. The fraction of sp³-hybridized carbons (Fsp3) is 0.400. The largest absolute Gasteiger partial charge is 0.236 e. The maximum atomic E-state index is 11.0. The molecule has 1 aromatic rings. The van der Waals surface area contributed by atoms with E-state index in [2.05, 4.69) is 0 Å². The highest BCUT2D eigenvalue weighted by molar-refractivity contribution is 8.13. The molecule has 15 heavy (non-hydrogen) atoms. The molecule has 0 amide bonds. The maximum Gasteiger partial charge on any atom is 0.236 e. The summed E-state index contributed by atoms with van der Waals surface area (Å²) in [5, 5.41) is 0.607. The lowest BCUT2D eigenvalue weighted by Gasteiger charge is -2.12. The molecular formula is C10H12Cl2O2S. The Kier molecular flexibility index (Phi) is 3.69. The Morgan fingerprint density at radius 2 is 1.73 bits per heavy atom. The molecule has 5 heteroatoms. The molecule has 0 unspecified atom stereocenters. The first-order valence-corrected chi connectivity index (χ1v) is 7.25. The third-order valence-electron chi connectivity index (χ3n) is 2.35. The predicted molar refractivity (Wildman–Crippen MR) is 64.1 cm³/mol. The molecule has 0 saturated carbocycles. The van der Waals surface area contributed by atoms with Crippen molar-refractivity contribution >= 4 is 31.3 Å². The van der Waals surface area contributed by atoms with Gasteiger partial charge >= 0.3 is 0 Å². The molecule has 0 atom stereocenters. The quantitative estimate of drug-likeness (QED) is 0.770. The van der Waals surface area contributed by atoms with Crippen molar-refractivity contribution < 1.29 is 8.42 Å². The van der Waals surface area contributed by atoms with Crippen molar-refractivity contribution in [3.8, 4) is 0 Å². The SMILES string of the molecule is Cc1cc(C)c(CS(=O)(=O)Cl)c(C)c1Cl. The van der Waals surface area contributed by atoms with E-state index in [4.69, 9.17) is 22.3 Å². The van der Waals surface area contributed by atoms with Crippen LogP contribution < -0.4 is 0 Å². The molecule has 1 rings (SSSR count). The van der Waals surface area contributed by atoms with E-state index in [1.54, 1.807) is 6.92 Å². The first-order chi connectivity index (χ1) is 6.72. The van der Waals surface area contributed by atoms with Crippen molar-refractivity contribution in [1.29, 1.82) is 0 Å². The zero-order valence-electron chi connectivity index (χ0n) is 8.77. The van der Waals surface area contributed by atoms with Gasteiger partial charge in [0.25, 0.3) is 0 Å². The zero-order valence-corrected chi connectivity index (χ0v) is 11.1. The van der Waals surface area contributed by atoms with E-state index in [0.717, 1.165) is 16.7 Å². The molecule has 0 radical (unpaired) electrons. The average Bonchev–Trinajstić information content (AvgIpc) is 2.07. The minimum absolute atomic E-state index is 0.174. The average molecular weight is 267 g/mol. The van der Waals surface area contributed by atoms with E-state index in [1.807, 2.05) is 19.9 Å². The van der Waals surface area contributed by atoms with Gasteiger partial charge in [0.05, 0.1) is 5.75 Å². The lowest BCUT2D eigenvalue weighted by molar-refractivity contribution is 0.608. The summed E-state index contributed by atoms with van der Waals surface area (Å²) in [6, 6.07) is 1.87. The standard InChI is InChI=1S/C10H12Cl2O2S/c1-6-4-7(2)10(11)8(3)9(6)5-15(12,13)14/h4H,5H2,1-3H3. The van der Waals surface area contributed by atoms with Crippen molar-refractivity contribution in [3.05, 3.63) is 33.3 Å². The molecule has 1 aromatic carbocycles. The predicted octanol–water partition coefficient (Wildman–Crippen LogP) is 3.33. The van der Waals surface area contributed by atoms with Crippen molar-refractivity contribution in [2.45, 2.75) is 26.5 Å². The molecule has 0 bridgehead atoms. The molecule has 0 saturated heterocycles. The Hall–Kier alpha value is -0.250. The monoisotopic (exact) mass is 266 g/mol. The molecule has 0 N–H and O–H groups in total. The van der Waals surface area contributed by atoms with Crippen molar-refractivity contribution in [3.63, 3.8) is 0 Å². The fourth-order valence-corrected chi connectivity index (χ4v) is 2.88. The Morgan fingerprint density at radius 3 is 2.20 bits per heavy atom. The number of halogens is 2. The second-order valence-corrected chi connectivity index (χ2v) is 6.77. The summed E-state index contributed by atoms with van der Waals surface area (Å²) in [7, 11) is 1.69. The lowest BCUT2D eigenvalue weighted by atomic mass is 10.0. The third kappa shape index (κ3) is 3.10. The van der Waals surface area contributed by atoms with Crippen LogP contribution >= 0.6 is 22.3 Å². The molecule has 0 aromatic heterocycles. The van der Waals surface area contributed by atoms with Crippen LogP contribution in [0.25, 0.3) is 0 Å². The molecule has 0 fully saturated rings. The van der Waals surface area contributed by atoms with Crippen LogP contribution in [0.4, 0.5) is 0 Å². The van der Waals surface area contributed by atoms with Crippen molar-refractivity contribution in [2.24, 2.45) is 0 Å². The molecule has 0 heterocycles. The Balaban J connectivity index is 3.37. The summed E-state index contributed by atoms with van der Waals surface area (Å²) in [6.45, 7) is 5.55. The lowest BCUT2D eigenvalue weighted by Crippen LogP contribution is -2.02. The minimum atomic E-state index is -3.54. The number of hydrogen-bond donors (Lipinski definition) is 0. The highest BCUT2D eigenvalue weighted by atomic mass is 35.7. The number of hydrogen-bond acceptors (Lipinski definition) is 2. The number of rotatable bonds is 2. The molecule has 0 aliphatic carbocycles. The normalized spacial score (nSPS) is 11.8. The van der Waals surface area contributed by atoms with Gasteiger partial charge in [-0.15, -0.1) is 0 Å². The van der Waals surface area contributed by atoms with Gasteiger partial charge in [-0.1, -0.05) is 17.7 Å². The number of aryl methyl sites for hydroxylation is 2. The van der Waals surface area contributed by atoms with Gasteiger partial charge in [-0.3, -0.25) is 0 Å². The van der Waals surface area contributed by atoms with Crippen LogP contribution in [-0.2, 0) is 14.8 Å². The first kappa shape index (κ1) is 12.8. The van der Waals surface area contributed by atoms with Crippen LogP contribution in [0.5, 0.6) is 0 Å². The molecule has 0 aliphatic rings. The van der Waals surface area contributed by atoms with Crippen LogP contribution in [0.15, 0.2) is 6.07 Å². The van der Waals surface area contributed by atoms with Crippen LogP contribution in [0.1, 0.15) is 22.3 Å². The van der Waals surface area contributed by atoms with E-state index >= 15 is 0 Å². The minimum Gasteiger partial charge on any atom is -0.212 e. The Labute approximate surface area is 99.6 Å². The van der Waals surface area contributed by atoms with Gasteiger partial charge in [-0.05, 0) is 43.0 Å². The summed E-state index contributed by atoms with van der Waals surface area (Å²) in [4.78, 5) is 0. The van der Waals surface area contributed by atoms with E-state index in [1.165, 1.54) is 0 Å². The van der Waals surface area contributed by atoms with Gasteiger partial charge in [0.1, 0.15) is 0 Å². The Morgan fingerprint density at radius 1 is 1.20 bits per heavy atom. The Bertz CT molecular complexity index is 493. The van der Waals surface area contributed by atoms with Gasteiger partial charge in [0.15, 0.2) is 0 Å². The van der Waals surface area contributed by atoms with Gasteiger partial charge in [-0.25, -0.2) is 8.42 Å². The molecule has 84 valence electrons. The fourth-order valence-electron chi connectivity index (χ4n) is 1.59. The molecule has 0 spiro atoms. The van der Waals surface area contributed by atoms with Crippen LogP contribution in [0.3, 0.4) is 0 Å². The maximum absolute atomic E-state index is 11.0. The van der Waals surface area contributed by atoms with Gasteiger partial charge in [0.2, 0.25) is 9.05 Å². The smallest absolute Gasteiger partial charge is 0.212 e. The highest BCUT2D eigenvalue weighted by Crippen LogP contribution is 2.28. The summed E-state index contributed by atoms with van der Waals surface area (Å²) < 4.78 is 22.0. The summed E-state index contributed by atoms with van der Waals surface area (Å²) in [6.07, 6.45) is 0. The second kappa shape index (κ2) is 4.32. The number of benzene rings is 1. The summed E-state index contributed by atoms with van der Waals surface area (Å²) in [5.41, 5.74) is 3.33. The van der Waals surface area contributed by atoms with Crippen molar-refractivity contribution in [1.82, 2.24) is 0 Å². The summed E-state index contributed by atoms with van der Waals surface area (Å²) >= 11 is 6.05. The highest BCUT2D eigenvalue weighted by Gasteiger charge is 2.15. The van der Waals surface area contributed by atoms with Crippen LogP contribution in [0, 0.1) is 20.8 Å². The van der Waals surface area contributed by atoms with Crippen LogP contribution in [0.2, 0.25) is 5.02 Å². The van der Waals surface area contributed by atoms with Gasteiger partial charge < -0.3 is 0 Å². The van der Waals surface area contributed by atoms with E-state index < -0.39 is 9.05 Å².